The highest BCUT2D eigenvalue weighted by molar-refractivity contribution is 6.33. The lowest BCUT2D eigenvalue weighted by Gasteiger charge is -2.02. The summed E-state index contributed by atoms with van der Waals surface area (Å²) >= 11 is 5.71. The largest absolute Gasteiger partial charge is 0.369 e. The number of rotatable bonds is 3. The fourth-order valence-corrected chi connectivity index (χ4v) is 1.28. The van der Waals surface area contributed by atoms with E-state index in [0.717, 1.165) is 0 Å². The molecule has 0 saturated carbocycles. The van der Waals surface area contributed by atoms with Crippen LogP contribution in [0.15, 0.2) is 18.2 Å². The molecule has 0 aliphatic heterocycles. The first-order valence-corrected chi connectivity index (χ1v) is 4.25. The standard InChI is InChI=1S/C9H9ClN2O2/c10-7-2-1-5(4-8(11)13)3-6(7)9(12)14/h1-3H,4H2,(H2,11,13)(H2,12,14). The number of carbonyl (C=O) groups excluding carboxylic acids is 2. The van der Waals surface area contributed by atoms with Crippen molar-refractivity contribution < 1.29 is 9.59 Å². The van der Waals surface area contributed by atoms with Gasteiger partial charge in [0.1, 0.15) is 0 Å². The molecule has 0 heterocycles. The Morgan fingerprint density at radius 3 is 2.43 bits per heavy atom. The maximum atomic E-state index is 10.9. The Hall–Kier alpha value is -1.55. The third-order valence-electron chi connectivity index (χ3n) is 1.67. The number of carbonyl (C=O) groups is 2. The van der Waals surface area contributed by atoms with Crippen LogP contribution in [0.1, 0.15) is 15.9 Å². The van der Waals surface area contributed by atoms with E-state index in [4.69, 9.17) is 23.1 Å². The van der Waals surface area contributed by atoms with Crippen molar-refractivity contribution in [2.45, 2.75) is 6.42 Å². The van der Waals surface area contributed by atoms with E-state index in [1.165, 1.54) is 12.1 Å². The fraction of sp³-hybridized carbons (Fsp3) is 0.111. The Balaban J connectivity index is 3.06. The summed E-state index contributed by atoms with van der Waals surface area (Å²) in [6, 6.07) is 4.61. The molecule has 4 nitrogen and oxygen atoms in total. The molecule has 0 atom stereocenters. The lowest BCUT2D eigenvalue weighted by Crippen LogP contribution is -2.15. The molecule has 1 rings (SSSR count). The van der Waals surface area contributed by atoms with Crippen LogP contribution in [-0.4, -0.2) is 11.8 Å². The first-order valence-electron chi connectivity index (χ1n) is 3.87. The number of primary amides is 2. The first kappa shape index (κ1) is 10.5. The van der Waals surface area contributed by atoms with Gasteiger partial charge in [0.25, 0.3) is 0 Å². The number of hydrogen-bond donors (Lipinski definition) is 2. The number of amides is 2. The quantitative estimate of drug-likeness (QED) is 0.763. The van der Waals surface area contributed by atoms with E-state index in [0.29, 0.717) is 5.56 Å². The predicted molar refractivity (Wildman–Crippen MR) is 52.9 cm³/mol. The zero-order valence-corrected chi connectivity index (χ0v) is 8.04. The van der Waals surface area contributed by atoms with E-state index in [9.17, 15) is 9.59 Å². The molecular formula is C9H9ClN2O2. The van der Waals surface area contributed by atoms with Crippen LogP contribution in [0, 0.1) is 0 Å². The molecule has 1 aromatic rings. The predicted octanol–water partition coefficient (Wildman–Crippen LogP) is 0.467. The van der Waals surface area contributed by atoms with Crippen LogP contribution in [0.3, 0.4) is 0 Å². The molecule has 5 heteroatoms. The summed E-state index contributed by atoms with van der Waals surface area (Å²) in [4.78, 5) is 21.5. The van der Waals surface area contributed by atoms with Gasteiger partial charge >= 0.3 is 0 Å². The molecule has 0 fully saturated rings. The van der Waals surface area contributed by atoms with E-state index in [2.05, 4.69) is 0 Å². The summed E-state index contributed by atoms with van der Waals surface area (Å²) < 4.78 is 0. The number of halogens is 1. The normalized spacial score (nSPS) is 9.79. The van der Waals surface area contributed by atoms with Crippen molar-refractivity contribution in [2.75, 3.05) is 0 Å². The van der Waals surface area contributed by atoms with Gasteiger partial charge in [-0.1, -0.05) is 17.7 Å². The van der Waals surface area contributed by atoms with Crippen molar-refractivity contribution in [1.29, 1.82) is 0 Å². The Bertz CT molecular complexity index is 390. The van der Waals surface area contributed by atoms with Crippen molar-refractivity contribution in [2.24, 2.45) is 11.5 Å². The summed E-state index contributed by atoms with van der Waals surface area (Å²) in [5.41, 5.74) is 10.9. The second-order valence-electron chi connectivity index (χ2n) is 2.82. The van der Waals surface area contributed by atoms with Crippen molar-refractivity contribution >= 4 is 23.4 Å². The van der Waals surface area contributed by atoms with E-state index in [-0.39, 0.29) is 17.0 Å². The average molecular weight is 213 g/mol. The van der Waals surface area contributed by atoms with E-state index in [1.54, 1.807) is 6.07 Å². The number of hydrogen-bond acceptors (Lipinski definition) is 2. The Labute approximate surface area is 85.8 Å². The lowest BCUT2D eigenvalue weighted by atomic mass is 10.1. The number of nitrogens with two attached hydrogens (primary N) is 2. The maximum Gasteiger partial charge on any atom is 0.250 e. The topological polar surface area (TPSA) is 86.2 Å². The third-order valence-corrected chi connectivity index (χ3v) is 2.00. The minimum absolute atomic E-state index is 0.0669. The number of benzene rings is 1. The molecule has 0 radical (unpaired) electrons. The van der Waals surface area contributed by atoms with Crippen LogP contribution in [-0.2, 0) is 11.2 Å². The van der Waals surface area contributed by atoms with E-state index in [1.807, 2.05) is 0 Å². The maximum absolute atomic E-state index is 10.9. The highest BCUT2D eigenvalue weighted by atomic mass is 35.5. The van der Waals surface area contributed by atoms with Gasteiger partial charge in [0, 0.05) is 0 Å². The molecule has 4 N–H and O–H groups in total. The Morgan fingerprint density at radius 2 is 1.93 bits per heavy atom. The Kier molecular flexibility index (Phi) is 3.09. The second-order valence-corrected chi connectivity index (χ2v) is 3.23. The lowest BCUT2D eigenvalue weighted by molar-refractivity contribution is -0.117. The minimum atomic E-state index is -0.624. The summed E-state index contributed by atoms with van der Waals surface area (Å²) in [5, 5.41) is 0.269. The molecular weight excluding hydrogens is 204 g/mol. The van der Waals surface area contributed by atoms with Gasteiger partial charge in [0.2, 0.25) is 11.8 Å². The van der Waals surface area contributed by atoms with Gasteiger partial charge in [-0.05, 0) is 17.7 Å². The molecule has 0 aliphatic rings. The van der Waals surface area contributed by atoms with Gasteiger partial charge in [-0.2, -0.15) is 0 Å². The van der Waals surface area contributed by atoms with Crippen LogP contribution in [0.25, 0.3) is 0 Å². The smallest absolute Gasteiger partial charge is 0.250 e. The van der Waals surface area contributed by atoms with Gasteiger partial charge in [0.15, 0.2) is 0 Å². The van der Waals surface area contributed by atoms with E-state index >= 15 is 0 Å². The molecule has 0 saturated heterocycles. The van der Waals surface area contributed by atoms with Crippen LogP contribution in [0.4, 0.5) is 0 Å². The van der Waals surface area contributed by atoms with Crippen molar-refractivity contribution in [3.05, 3.63) is 34.3 Å². The monoisotopic (exact) mass is 212 g/mol. The van der Waals surface area contributed by atoms with Gasteiger partial charge in [0.05, 0.1) is 17.0 Å². The fourth-order valence-electron chi connectivity index (χ4n) is 1.07. The average Bonchev–Trinajstić information content (AvgIpc) is 2.07. The van der Waals surface area contributed by atoms with Gasteiger partial charge < -0.3 is 11.5 Å². The van der Waals surface area contributed by atoms with Crippen LogP contribution < -0.4 is 11.5 Å². The van der Waals surface area contributed by atoms with E-state index < -0.39 is 11.8 Å². The summed E-state index contributed by atoms with van der Waals surface area (Å²) in [6.07, 6.45) is 0.0669. The highest BCUT2D eigenvalue weighted by Gasteiger charge is 2.08. The van der Waals surface area contributed by atoms with Crippen molar-refractivity contribution in [1.82, 2.24) is 0 Å². The SMILES string of the molecule is NC(=O)Cc1ccc(Cl)c(C(N)=O)c1. The first-order chi connectivity index (χ1) is 6.50. The molecule has 0 bridgehead atoms. The molecule has 0 aromatic heterocycles. The molecule has 0 aliphatic carbocycles. The summed E-state index contributed by atoms with van der Waals surface area (Å²) in [7, 11) is 0. The summed E-state index contributed by atoms with van der Waals surface area (Å²) in [5.74, 6) is -1.09. The van der Waals surface area contributed by atoms with Gasteiger partial charge in [-0.3, -0.25) is 9.59 Å². The second kappa shape index (κ2) is 4.11. The third kappa shape index (κ3) is 2.47. The summed E-state index contributed by atoms with van der Waals surface area (Å²) in [6.45, 7) is 0. The zero-order chi connectivity index (χ0) is 10.7. The van der Waals surface area contributed by atoms with Crippen molar-refractivity contribution in [3.63, 3.8) is 0 Å². The molecule has 0 unspecified atom stereocenters. The minimum Gasteiger partial charge on any atom is -0.369 e. The Morgan fingerprint density at radius 1 is 1.29 bits per heavy atom. The van der Waals surface area contributed by atoms with Gasteiger partial charge in [-0.25, -0.2) is 0 Å². The van der Waals surface area contributed by atoms with Crippen LogP contribution in [0.5, 0.6) is 0 Å². The molecule has 0 spiro atoms. The zero-order valence-electron chi connectivity index (χ0n) is 7.29. The molecule has 2 amide bonds. The molecule has 1 aromatic carbocycles. The van der Waals surface area contributed by atoms with Crippen molar-refractivity contribution in [3.8, 4) is 0 Å². The molecule has 74 valence electrons. The van der Waals surface area contributed by atoms with Crippen LogP contribution >= 0.6 is 11.6 Å². The highest BCUT2D eigenvalue weighted by Crippen LogP contribution is 2.17. The molecule has 14 heavy (non-hydrogen) atoms. The van der Waals surface area contributed by atoms with Crippen LogP contribution in [0.2, 0.25) is 5.02 Å². The van der Waals surface area contributed by atoms with Gasteiger partial charge in [-0.15, -0.1) is 0 Å².